The number of rotatable bonds is 4. The van der Waals surface area contributed by atoms with Gasteiger partial charge in [0.25, 0.3) is 0 Å². The van der Waals surface area contributed by atoms with Crippen molar-refractivity contribution in [3.8, 4) is 0 Å². The molecule has 0 saturated carbocycles. The van der Waals surface area contributed by atoms with E-state index >= 15 is 0 Å². The topological polar surface area (TPSA) is 67.9 Å². The van der Waals surface area contributed by atoms with Gasteiger partial charge in [-0.05, 0) is 11.5 Å². The minimum atomic E-state index is -0.318. The minimum Gasteiger partial charge on any atom is -0.445 e. The Kier molecular flexibility index (Phi) is 5.88. The smallest absolute Gasteiger partial charge is 0.410 e. The maximum atomic E-state index is 12.6. The maximum Gasteiger partial charge on any atom is 0.410 e. The Bertz CT molecular complexity index is 675. The van der Waals surface area contributed by atoms with Crippen LogP contribution in [0.1, 0.15) is 33.3 Å². The minimum absolute atomic E-state index is 0.245. The predicted molar refractivity (Wildman–Crippen MR) is 101 cm³/mol. The number of ether oxygens (including phenoxy) is 1. The van der Waals surface area contributed by atoms with Crippen molar-refractivity contribution in [1.82, 2.24) is 4.90 Å². The third-order valence-electron chi connectivity index (χ3n) is 4.55. The summed E-state index contributed by atoms with van der Waals surface area (Å²) in [5, 5.41) is 0. The number of nitrogens with two attached hydrogens (primary N) is 1. The summed E-state index contributed by atoms with van der Waals surface area (Å²) in [6.07, 6.45) is -0.318. The van der Waals surface area contributed by atoms with E-state index in [4.69, 9.17) is 10.5 Å². The first kappa shape index (κ1) is 19.0. The highest BCUT2D eigenvalue weighted by Gasteiger charge is 2.37. The van der Waals surface area contributed by atoms with Crippen LogP contribution < -0.4 is 5.73 Å². The zero-order valence-corrected chi connectivity index (χ0v) is 15.9. The van der Waals surface area contributed by atoms with E-state index in [1.165, 1.54) is 0 Å². The largest absolute Gasteiger partial charge is 0.445 e. The fourth-order valence-corrected chi connectivity index (χ4v) is 3.20. The Hall–Kier alpha value is -2.30. The zero-order chi connectivity index (χ0) is 18.6. The SMILES string of the molecule is CN=C(C1=C(N)C(C)(C)CN(C(=O)OCc2ccccc2)C1)C(C)C. The van der Waals surface area contributed by atoms with Gasteiger partial charge in [0.2, 0.25) is 0 Å². The molecule has 1 aromatic rings. The summed E-state index contributed by atoms with van der Waals surface area (Å²) in [4.78, 5) is 18.7. The summed E-state index contributed by atoms with van der Waals surface area (Å²) in [5.41, 5.74) is 9.79. The van der Waals surface area contributed by atoms with E-state index in [0.29, 0.717) is 13.1 Å². The van der Waals surface area contributed by atoms with Crippen molar-refractivity contribution in [2.24, 2.45) is 22.1 Å². The fraction of sp³-hybridized carbons (Fsp3) is 0.500. The molecule has 5 heteroatoms. The number of carbonyl (C=O) groups is 1. The molecule has 136 valence electrons. The van der Waals surface area contributed by atoms with Gasteiger partial charge in [0.15, 0.2) is 0 Å². The molecule has 0 aromatic heterocycles. The first-order valence-electron chi connectivity index (χ1n) is 8.68. The van der Waals surface area contributed by atoms with Crippen molar-refractivity contribution in [3.05, 3.63) is 47.2 Å². The Morgan fingerprint density at radius 3 is 2.52 bits per heavy atom. The average Bonchev–Trinajstić information content (AvgIpc) is 2.57. The van der Waals surface area contributed by atoms with Gasteiger partial charge in [-0.25, -0.2) is 4.79 Å². The second-order valence-corrected chi connectivity index (χ2v) is 7.44. The van der Waals surface area contributed by atoms with Crippen LogP contribution in [0.15, 0.2) is 46.6 Å². The Morgan fingerprint density at radius 1 is 1.32 bits per heavy atom. The summed E-state index contributed by atoms with van der Waals surface area (Å²) in [7, 11) is 1.77. The van der Waals surface area contributed by atoms with Crippen LogP contribution in [0.5, 0.6) is 0 Å². The zero-order valence-electron chi connectivity index (χ0n) is 15.9. The molecule has 0 bridgehead atoms. The summed E-state index contributed by atoms with van der Waals surface area (Å²) in [6.45, 7) is 9.51. The standard InChI is InChI=1S/C20H29N3O2/c1-14(2)17(22-5)16-11-23(13-20(3,4)18(16)21)19(24)25-12-15-9-7-6-8-10-15/h6-10,14H,11-13,21H2,1-5H3. The lowest BCUT2D eigenvalue weighted by atomic mass is 9.80. The highest BCUT2D eigenvalue weighted by molar-refractivity contribution is 6.03. The molecular weight excluding hydrogens is 314 g/mol. The fourth-order valence-electron chi connectivity index (χ4n) is 3.20. The number of aliphatic imine (C=N–C) groups is 1. The van der Waals surface area contributed by atoms with Gasteiger partial charge in [-0.1, -0.05) is 58.0 Å². The molecule has 0 saturated heterocycles. The second-order valence-electron chi connectivity index (χ2n) is 7.44. The van der Waals surface area contributed by atoms with Gasteiger partial charge in [0.1, 0.15) is 6.61 Å². The number of hydrogen-bond acceptors (Lipinski definition) is 4. The molecule has 0 unspecified atom stereocenters. The monoisotopic (exact) mass is 343 g/mol. The molecular formula is C20H29N3O2. The summed E-state index contributed by atoms with van der Waals surface area (Å²) in [6, 6.07) is 9.69. The number of hydrogen-bond donors (Lipinski definition) is 1. The Morgan fingerprint density at radius 2 is 1.96 bits per heavy atom. The quantitative estimate of drug-likeness (QED) is 0.849. The Labute approximate surface area is 150 Å². The van der Waals surface area contributed by atoms with E-state index in [9.17, 15) is 4.79 Å². The lowest BCUT2D eigenvalue weighted by Crippen LogP contribution is -2.48. The van der Waals surface area contributed by atoms with Gasteiger partial charge in [-0.3, -0.25) is 4.99 Å². The molecule has 1 heterocycles. The van der Waals surface area contributed by atoms with Crippen molar-refractivity contribution in [1.29, 1.82) is 0 Å². The van der Waals surface area contributed by atoms with Gasteiger partial charge < -0.3 is 15.4 Å². The molecule has 0 atom stereocenters. The summed E-state index contributed by atoms with van der Waals surface area (Å²) in [5.74, 6) is 0.245. The number of carbonyl (C=O) groups excluding carboxylic acids is 1. The molecule has 1 aliphatic heterocycles. The van der Waals surface area contributed by atoms with Crippen molar-refractivity contribution in [2.45, 2.75) is 34.3 Å². The maximum absolute atomic E-state index is 12.6. The van der Waals surface area contributed by atoms with Crippen LogP contribution in [0.2, 0.25) is 0 Å². The molecule has 0 fully saturated rings. The molecule has 25 heavy (non-hydrogen) atoms. The van der Waals surface area contributed by atoms with Crippen LogP contribution >= 0.6 is 0 Å². The summed E-state index contributed by atoms with van der Waals surface area (Å²) >= 11 is 0. The third-order valence-corrected chi connectivity index (χ3v) is 4.55. The molecule has 0 radical (unpaired) electrons. The molecule has 2 rings (SSSR count). The van der Waals surface area contributed by atoms with E-state index in [0.717, 1.165) is 22.5 Å². The van der Waals surface area contributed by atoms with E-state index in [1.54, 1.807) is 11.9 Å². The van der Waals surface area contributed by atoms with Crippen molar-refractivity contribution >= 4 is 11.8 Å². The summed E-state index contributed by atoms with van der Waals surface area (Å²) < 4.78 is 5.50. The molecule has 5 nitrogen and oxygen atoms in total. The van der Waals surface area contributed by atoms with Crippen LogP contribution in [0, 0.1) is 11.3 Å². The molecule has 2 N–H and O–H groups in total. The lowest BCUT2D eigenvalue weighted by molar-refractivity contribution is 0.0851. The van der Waals surface area contributed by atoms with Crippen LogP contribution in [0.25, 0.3) is 0 Å². The number of amides is 1. The number of nitrogens with zero attached hydrogens (tertiary/aromatic N) is 2. The van der Waals surface area contributed by atoms with Gasteiger partial charge in [-0.2, -0.15) is 0 Å². The highest BCUT2D eigenvalue weighted by atomic mass is 16.6. The molecule has 1 amide bonds. The molecule has 1 aromatic carbocycles. The molecule has 0 aliphatic carbocycles. The van der Waals surface area contributed by atoms with Crippen molar-refractivity contribution in [2.75, 3.05) is 20.1 Å². The van der Waals surface area contributed by atoms with E-state index in [1.807, 2.05) is 44.2 Å². The first-order valence-corrected chi connectivity index (χ1v) is 8.68. The van der Waals surface area contributed by atoms with Crippen LogP contribution in [-0.2, 0) is 11.3 Å². The van der Waals surface area contributed by atoms with Gasteiger partial charge in [0.05, 0.1) is 6.54 Å². The van der Waals surface area contributed by atoms with E-state index in [-0.39, 0.29) is 24.0 Å². The third kappa shape index (κ3) is 4.41. The van der Waals surface area contributed by atoms with Crippen LogP contribution in [0.3, 0.4) is 0 Å². The van der Waals surface area contributed by atoms with Crippen LogP contribution in [0.4, 0.5) is 4.79 Å². The molecule has 1 aliphatic rings. The predicted octanol–water partition coefficient (Wildman–Crippen LogP) is 3.60. The second kappa shape index (κ2) is 7.72. The lowest BCUT2D eigenvalue weighted by Gasteiger charge is -2.40. The Balaban J connectivity index is 2.16. The van der Waals surface area contributed by atoms with Crippen LogP contribution in [-0.4, -0.2) is 36.8 Å². The van der Waals surface area contributed by atoms with Gasteiger partial charge in [-0.15, -0.1) is 0 Å². The highest BCUT2D eigenvalue weighted by Crippen LogP contribution is 2.33. The van der Waals surface area contributed by atoms with Gasteiger partial charge >= 0.3 is 6.09 Å². The average molecular weight is 343 g/mol. The normalized spacial score (nSPS) is 17.8. The molecule has 0 spiro atoms. The van der Waals surface area contributed by atoms with E-state index in [2.05, 4.69) is 18.8 Å². The first-order chi connectivity index (χ1) is 11.8. The van der Waals surface area contributed by atoms with E-state index < -0.39 is 0 Å². The van der Waals surface area contributed by atoms with Crippen molar-refractivity contribution in [3.63, 3.8) is 0 Å². The van der Waals surface area contributed by atoms with Gasteiger partial charge in [0, 0.05) is 36.0 Å². The van der Waals surface area contributed by atoms with Crippen molar-refractivity contribution < 1.29 is 9.53 Å². The number of benzene rings is 1.